The maximum Gasteiger partial charge on any atom is 0.349 e. The summed E-state index contributed by atoms with van der Waals surface area (Å²) >= 11 is 0. The molecule has 0 spiro atoms. The Morgan fingerprint density at radius 1 is 0.897 bits per heavy atom. The van der Waals surface area contributed by atoms with Gasteiger partial charge in [0.25, 0.3) is 0 Å². The third-order valence-corrected chi connectivity index (χ3v) is 6.26. The molecule has 4 aromatic rings. The number of nitrogens with zero attached hydrogens (tertiary/aromatic N) is 1. The molecule has 0 aliphatic carbocycles. The first kappa shape index (κ1) is 25.4. The number of carbonyl (C=O) groups excluding carboxylic acids is 1. The monoisotopic (exact) mass is 518 g/mol. The van der Waals surface area contributed by atoms with Crippen LogP contribution in [-0.2, 0) is 11.4 Å². The van der Waals surface area contributed by atoms with Crippen molar-refractivity contribution in [2.75, 3.05) is 6.61 Å². The fraction of sp³-hybridized carbons (Fsp3) is 0.125. The first-order valence-corrected chi connectivity index (χ1v) is 12.4. The highest BCUT2D eigenvalue weighted by Gasteiger charge is 2.31. The van der Waals surface area contributed by atoms with E-state index in [1.165, 1.54) is 0 Å². The van der Waals surface area contributed by atoms with Crippen molar-refractivity contribution in [1.82, 2.24) is 0 Å². The highest BCUT2D eigenvalue weighted by atomic mass is 16.6. The molecule has 1 unspecified atom stereocenters. The van der Waals surface area contributed by atoms with Crippen LogP contribution in [0.25, 0.3) is 0 Å². The lowest BCUT2D eigenvalue weighted by molar-refractivity contribution is -0.136. The van der Waals surface area contributed by atoms with E-state index in [4.69, 9.17) is 24.7 Å². The van der Waals surface area contributed by atoms with E-state index in [-0.39, 0.29) is 18.2 Å². The second-order valence-corrected chi connectivity index (χ2v) is 9.04. The number of fused-ring (bicyclic) bond motifs is 1. The van der Waals surface area contributed by atoms with Crippen LogP contribution in [0.15, 0.2) is 109 Å². The topological polar surface area (TPSA) is 104 Å². The molecule has 1 aliphatic rings. The van der Waals surface area contributed by atoms with Crippen molar-refractivity contribution >= 4 is 5.97 Å². The predicted molar refractivity (Wildman–Crippen MR) is 145 cm³/mol. The lowest BCUT2D eigenvalue weighted by Gasteiger charge is -2.26. The van der Waals surface area contributed by atoms with Crippen molar-refractivity contribution < 1.29 is 23.7 Å². The van der Waals surface area contributed by atoms with Gasteiger partial charge in [0, 0.05) is 11.6 Å². The first-order valence-electron chi connectivity index (χ1n) is 12.4. The van der Waals surface area contributed by atoms with Gasteiger partial charge in [0.15, 0.2) is 6.61 Å². The first-order chi connectivity index (χ1) is 19.0. The van der Waals surface area contributed by atoms with Crippen LogP contribution < -0.4 is 24.7 Å². The second kappa shape index (κ2) is 11.4. The fourth-order valence-corrected chi connectivity index (χ4v) is 4.28. The van der Waals surface area contributed by atoms with Crippen LogP contribution >= 0.6 is 0 Å². The van der Waals surface area contributed by atoms with E-state index in [9.17, 15) is 10.1 Å². The number of aryl methyl sites for hydroxylation is 1. The van der Waals surface area contributed by atoms with E-state index in [1.807, 2.05) is 73.7 Å². The highest BCUT2D eigenvalue weighted by Crippen LogP contribution is 2.43. The highest BCUT2D eigenvalue weighted by molar-refractivity contribution is 5.74. The summed E-state index contributed by atoms with van der Waals surface area (Å²) in [5.41, 5.74) is 10.2. The minimum atomic E-state index is -0.560. The Hall–Kier alpha value is -5.22. The number of hydrogen-bond acceptors (Lipinski definition) is 7. The summed E-state index contributed by atoms with van der Waals surface area (Å²) < 4.78 is 22.6. The number of nitrogens with two attached hydrogens (primary N) is 1. The van der Waals surface area contributed by atoms with Gasteiger partial charge in [0.05, 0.1) is 5.92 Å². The van der Waals surface area contributed by atoms with Crippen molar-refractivity contribution in [2.24, 2.45) is 5.73 Å². The largest absolute Gasteiger partial charge is 0.489 e. The zero-order chi connectivity index (χ0) is 27.2. The summed E-state index contributed by atoms with van der Waals surface area (Å²) in [5, 5.41) is 9.85. The molecule has 39 heavy (non-hydrogen) atoms. The molecule has 0 bridgehead atoms. The van der Waals surface area contributed by atoms with Gasteiger partial charge in [-0.1, -0.05) is 66.2 Å². The lowest BCUT2D eigenvalue weighted by atomic mass is 9.83. The van der Waals surface area contributed by atoms with Crippen molar-refractivity contribution in [1.29, 1.82) is 5.26 Å². The Balaban J connectivity index is 1.30. The number of hydrogen-bond donors (Lipinski definition) is 1. The summed E-state index contributed by atoms with van der Waals surface area (Å²) in [6.45, 7) is 2.18. The molecule has 0 fully saturated rings. The Labute approximate surface area is 226 Å². The molecule has 5 rings (SSSR count). The molecular formula is C32H26N2O5. The molecule has 194 valence electrons. The maximum atomic E-state index is 12.4. The van der Waals surface area contributed by atoms with E-state index in [0.29, 0.717) is 29.4 Å². The average Bonchev–Trinajstić information content (AvgIpc) is 2.96. The summed E-state index contributed by atoms with van der Waals surface area (Å²) in [5.74, 6) is 0.971. The van der Waals surface area contributed by atoms with E-state index < -0.39 is 11.9 Å². The van der Waals surface area contributed by atoms with Crippen LogP contribution in [0.5, 0.6) is 23.0 Å². The van der Waals surface area contributed by atoms with Gasteiger partial charge < -0.3 is 24.7 Å². The third kappa shape index (κ3) is 6.03. The number of allylic oxidation sites excluding steroid dienone is 1. The summed E-state index contributed by atoms with van der Waals surface area (Å²) in [6.07, 6.45) is 0. The van der Waals surface area contributed by atoms with Crippen molar-refractivity contribution in [3.63, 3.8) is 0 Å². The number of ether oxygens (including phenoxy) is 4. The zero-order valence-electron chi connectivity index (χ0n) is 21.3. The quantitative estimate of drug-likeness (QED) is 0.233. The summed E-state index contributed by atoms with van der Waals surface area (Å²) in [6, 6.07) is 32.0. The van der Waals surface area contributed by atoms with Gasteiger partial charge in [-0.25, -0.2) is 4.79 Å². The van der Waals surface area contributed by atoms with Gasteiger partial charge in [-0.3, -0.25) is 0 Å². The van der Waals surface area contributed by atoms with Crippen LogP contribution in [-0.4, -0.2) is 12.6 Å². The molecule has 0 saturated heterocycles. The zero-order valence-corrected chi connectivity index (χ0v) is 21.3. The van der Waals surface area contributed by atoms with Gasteiger partial charge in [0.1, 0.15) is 41.2 Å². The van der Waals surface area contributed by atoms with Crippen LogP contribution in [0.2, 0.25) is 0 Å². The summed E-state index contributed by atoms with van der Waals surface area (Å²) in [7, 11) is 0. The van der Waals surface area contributed by atoms with Gasteiger partial charge >= 0.3 is 5.97 Å². The Morgan fingerprint density at radius 3 is 2.28 bits per heavy atom. The van der Waals surface area contributed by atoms with Crippen LogP contribution in [0.3, 0.4) is 0 Å². The predicted octanol–water partition coefficient (Wildman–Crippen LogP) is 5.78. The van der Waals surface area contributed by atoms with Gasteiger partial charge in [-0.2, -0.15) is 5.26 Å². The number of benzene rings is 4. The molecule has 7 heteroatoms. The van der Waals surface area contributed by atoms with Crippen LogP contribution in [0, 0.1) is 18.3 Å². The molecule has 7 nitrogen and oxygen atoms in total. The van der Waals surface area contributed by atoms with Crippen molar-refractivity contribution in [2.45, 2.75) is 19.4 Å². The van der Waals surface area contributed by atoms with Crippen molar-refractivity contribution in [3.8, 4) is 29.1 Å². The number of rotatable bonds is 8. The van der Waals surface area contributed by atoms with E-state index in [0.717, 1.165) is 22.3 Å². The standard InChI is InChI=1S/C32H26N2O5/c1-21-7-11-24(12-8-21)37-20-30(35)38-26-15-16-27-29(17-26)39-32(34)28(18-33)31(27)23-9-13-25(14-10-23)36-19-22-5-3-2-4-6-22/h2-17,31H,19-20,34H2,1H3. The Bertz CT molecular complexity index is 1540. The molecule has 0 saturated carbocycles. The molecular weight excluding hydrogens is 492 g/mol. The molecule has 0 amide bonds. The number of nitriles is 1. The van der Waals surface area contributed by atoms with Gasteiger partial charge in [-0.15, -0.1) is 0 Å². The molecule has 1 atom stereocenters. The SMILES string of the molecule is Cc1ccc(OCC(=O)Oc2ccc3c(c2)OC(N)=C(C#N)C3c2ccc(OCc3ccccc3)cc2)cc1. The Morgan fingerprint density at radius 2 is 1.56 bits per heavy atom. The average molecular weight is 519 g/mol. The molecule has 1 aliphatic heterocycles. The van der Waals surface area contributed by atoms with E-state index in [2.05, 4.69) is 6.07 Å². The number of esters is 1. The maximum absolute atomic E-state index is 12.4. The smallest absolute Gasteiger partial charge is 0.349 e. The molecule has 0 aromatic heterocycles. The van der Waals surface area contributed by atoms with Crippen molar-refractivity contribution in [3.05, 3.63) is 131 Å². The van der Waals surface area contributed by atoms with Crippen LogP contribution in [0.4, 0.5) is 0 Å². The molecule has 1 heterocycles. The second-order valence-electron chi connectivity index (χ2n) is 9.04. The number of carbonyl (C=O) groups is 1. The molecule has 4 aromatic carbocycles. The van der Waals surface area contributed by atoms with E-state index in [1.54, 1.807) is 30.3 Å². The Kier molecular flexibility index (Phi) is 7.46. The minimum absolute atomic E-state index is 0.00517. The van der Waals surface area contributed by atoms with Gasteiger partial charge in [-0.05, 0) is 48.4 Å². The normalized spacial score (nSPS) is 14.0. The minimum Gasteiger partial charge on any atom is -0.489 e. The lowest BCUT2D eigenvalue weighted by Crippen LogP contribution is -2.21. The fourth-order valence-electron chi connectivity index (χ4n) is 4.28. The summed E-state index contributed by atoms with van der Waals surface area (Å²) in [4.78, 5) is 12.4. The molecule has 2 N–H and O–H groups in total. The third-order valence-electron chi connectivity index (χ3n) is 6.26. The van der Waals surface area contributed by atoms with E-state index >= 15 is 0 Å². The van der Waals surface area contributed by atoms with Gasteiger partial charge in [0.2, 0.25) is 5.88 Å². The molecule has 0 radical (unpaired) electrons. The van der Waals surface area contributed by atoms with Crippen LogP contribution in [0.1, 0.15) is 28.2 Å².